The number of benzene rings is 11. The van der Waals surface area contributed by atoms with E-state index in [9.17, 15) is 0 Å². The molecule has 0 spiro atoms. The first-order valence-corrected chi connectivity index (χ1v) is 18.3. The first kappa shape index (κ1) is 28.6. The fraction of sp³-hybridized carbons (Fsp3) is 0. The summed E-state index contributed by atoms with van der Waals surface area (Å²) >= 11 is 0. The van der Waals surface area contributed by atoms with E-state index in [4.69, 9.17) is 4.98 Å². The molecular weight excluding hydrogens is 641 g/mol. The van der Waals surface area contributed by atoms with Crippen LogP contribution in [0, 0.1) is 0 Å². The molecule has 0 N–H and O–H groups in total. The van der Waals surface area contributed by atoms with E-state index in [0.29, 0.717) is 0 Å². The Kier molecular flexibility index (Phi) is 5.80. The molecule has 244 valence electrons. The molecule has 0 saturated heterocycles. The van der Waals surface area contributed by atoms with Crippen LogP contribution in [0.1, 0.15) is 0 Å². The molecule has 0 saturated carbocycles. The lowest BCUT2D eigenvalue weighted by molar-refractivity contribution is 1.10. The van der Waals surface area contributed by atoms with Gasteiger partial charge in [0.1, 0.15) is 5.82 Å². The Morgan fingerprint density at radius 3 is 1.40 bits per heavy atom. The molecule has 11 aromatic carbocycles. The van der Waals surface area contributed by atoms with Crippen LogP contribution in [0.15, 0.2) is 182 Å². The van der Waals surface area contributed by atoms with Crippen LogP contribution in [-0.2, 0) is 0 Å². The van der Waals surface area contributed by atoms with Gasteiger partial charge in [-0.1, -0.05) is 158 Å². The van der Waals surface area contributed by atoms with Crippen molar-refractivity contribution >= 4 is 75.7 Å². The van der Waals surface area contributed by atoms with E-state index in [1.54, 1.807) is 0 Å². The van der Waals surface area contributed by atoms with Gasteiger partial charge in [0.2, 0.25) is 0 Å². The lowest BCUT2D eigenvalue weighted by Crippen LogP contribution is -1.97. The minimum atomic E-state index is 0.931. The minimum Gasteiger partial charge on any atom is -0.292 e. The summed E-state index contributed by atoms with van der Waals surface area (Å²) in [5.74, 6) is 0.931. The molecule has 2 heteroatoms. The highest BCUT2D eigenvalue weighted by molar-refractivity contribution is 6.26. The number of nitrogens with zero attached hydrogens (tertiary/aromatic N) is 2. The molecule has 1 aromatic heterocycles. The second kappa shape index (κ2) is 10.7. The molecule has 0 fully saturated rings. The summed E-state index contributed by atoms with van der Waals surface area (Å²) < 4.78 is 2.30. The number of rotatable bonds is 4. The van der Waals surface area contributed by atoms with Crippen molar-refractivity contribution in [2.45, 2.75) is 0 Å². The SMILES string of the molecule is c1ccc(-n2c(-c3ccc(-c4ccc5ccc6cccc7ccc4c5c67)cc3)nc3cc(-c4ccc5ccc6cccc7ccc4c5c67)ccc32)cc1. The van der Waals surface area contributed by atoms with Crippen LogP contribution in [0.2, 0.25) is 0 Å². The van der Waals surface area contributed by atoms with E-state index < -0.39 is 0 Å². The van der Waals surface area contributed by atoms with Gasteiger partial charge in [-0.25, -0.2) is 4.98 Å². The largest absolute Gasteiger partial charge is 0.292 e. The lowest BCUT2D eigenvalue weighted by atomic mass is 9.90. The van der Waals surface area contributed by atoms with E-state index in [2.05, 4.69) is 187 Å². The summed E-state index contributed by atoms with van der Waals surface area (Å²) in [6.07, 6.45) is 0. The Balaban J connectivity index is 1.01. The van der Waals surface area contributed by atoms with Gasteiger partial charge in [0.15, 0.2) is 0 Å². The summed E-state index contributed by atoms with van der Waals surface area (Å²) in [4.78, 5) is 5.38. The third-order valence-corrected chi connectivity index (χ3v) is 11.5. The highest BCUT2D eigenvalue weighted by Crippen LogP contribution is 2.42. The molecule has 12 rings (SSSR count). The normalized spacial score (nSPS) is 12.2. The Labute approximate surface area is 305 Å². The molecule has 0 aliphatic heterocycles. The molecule has 0 aliphatic rings. The van der Waals surface area contributed by atoms with E-state index in [0.717, 1.165) is 28.1 Å². The first-order valence-electron chi connectivity index (χ1n) is 18.3. The van der Waals surface area contributed by atoms with Gasteiger partial charge in [0.05, 0.1) is 11.0 Å². The lowest BCUT2D eigenvalue weighted by Gasteiger charge is -2.15. The average molecular weight is 671 g/mol. The van der Waals surface area contributed by atoms with E-state index in [1.807, 2.05) is 0 Å². The van der Waals surface area contributed by atoms with Crippen molar-refractivity contribution in [1.29, 1.82) is 0 Å². The molecule has 53 heavy (non-hydrogen) atoms. The van der Waals surface area contributed by atoms with Crippen molar-refractivity contribution in [1.82, 2.24) is 9.55 Å². The van der Waals surface area contributed by atoms with Gasteiger partial charge in [0.25, 0.3) is 0 Å². The molecular formula is C51H30N2. The van der Waals surface area contributed by atoms with Gasteiger partial charge in [-0.3, -0.25) is 4.57 Å². The van der Waals surface area contributed by atoms with Crippen molar-refractivity contribution < 1.29 is 0 Å². The van der Waals surface area contributed by atoms with Crippen LogP contribution in [-0.4, -0.2) is 9.55 Å². The zero-order chi connectivity index (χ0) is 34.6. The molecule has 1 heterocycles. The second-order valence-corrected chi connectivity index (χ2v) is 14.3. The molecule has 0 atom stereocenters. The Morgan fingerprint density at radius 2 is 0.811 bits per heavy atom. The van der Waals surface area contributed by atoms with Crippen LogP contribution in [0.3, 0.4) is 0 Å². The summed E-state index contributed by atoms with van der Waals surface area (Å²) in [5.41, 5.74) is 9.08. The van der Waals surface area contributed by atoms with Crippen LogP contribution >= 0.6 is 0 Å². The van der Waals surface area contributed by atoms with Gasteiger partial charge in [-0.15, -0.1) is 0 Å². The molecule has 2 nitrogen and oxygen atoms in total. The zero-order valence-electron chi connectivity index (χ0n) is 28.7. The Morgan fingerprint density at radius 1 is 0.340 bits per heavy atom. The predicted octanol–water partition coefficient (Wildman–Crippen LogP) is 13.8. The number of hydrogen-bond acceptors (Lipinski definition) is 1. The third-order valence-electron chi connectivity index (χ3n) is 11.5. The van der Waals surface area contributed by atoms with Gasteiger partial charge < -0.3 is 0 Å². The van der Waals surface area contributed by atoms with Crippen molar-refractivity contribution in [3.63, 3.8) is 0 Å². The maximum atomic E-state index is 5.38. The highest BCUT2D eigenvalue weighted by Gasteiger charge is 2.18. The van der Waals surface area contributed by atoms with Crippen molar-refractivity contribution in [2.24, 2.45) is 0 Å². The zero-order valence-corrected chi connectivity index (χ0v) is 28.7. The van der Waals surface area contributed by atoms with Gasteiger partial charge in [0, 0.05) is 11.3 Å². The summed E-state index contributed by atoms with van der Waals surface area (Å²) in [6, 6.07) is 66.7. The monoisotopic (exact) mass is 670 g/mol. The fourth-order valence-corrected chi connectivity index (χ4v) is 9.05. The van der Waals surface area contributed by atoms with Gasteiger partial charge in [-0.2, -0.15) is 0 Å². The Bertz CT molecular complexity index is 3340. The number of imidazole rings is 1. The topological polar surface area (TPSA) is 17.8 Å². The Hall–Kier alpha value is -7.03. The van der Waals surface area contributed by atoms with Crippen LogP contribution in [0.4, 0.5) is 0 Å². The van der Waals surface area contributed by atoms with Gasteiger partial charge in [-0.05, 0) is 111 Å². The number of para-hydroxylation sites is 1. The fourth-order valence-electron chi connectivity index (χ4n) is 9.05. The summed E-state index contributed by atoms with van der Waals surface area (Å²) in [7, 11) is 0. The molecule has 12 aromatic rings. The van der Waals surface area contributed by atoms with Crippen LogP contribution in [0.25, 0.3) is 115 Å². The van der Waals surface area contributed by atoms with E-state index >= 15 is 0 Å². The second-order valence-electron chi connectivity index (χ2n) is 14.3. The standard InChI is InChI=1S/C51H30N2/c1-2-10-40(11-3-1)53-46-29-24-39(42-26-21-37-17-15-33-7-5-9-35-23-28-44(42)50(37)48(33)35)30-45(46)52-51(53)38-18-12-31(13-19-38)41-25-20-36-16-14-32-6-4-8-34-22-27-43(41)49(36)47(32)34/h1-30H. The molecule has 0 amide bonds. The van der Waals surface area contributed by atoms with Crippen molar-refractivity contribution in [3.8, 4) is 39.3 Å². The molecule has 0 aliphatic carbocycles. The van der Waals surface area contributed by atoms with E-state index in [1.165, 1.54) is 86.9 Å². The van der Waals surface area contributed by atoms with Crippen LogP contribution in [0.5, 0.6) is 0 Å². The summed E-state index contributed by atoms with van der Waals surface area (Å²) in [5, 5.41) is 15.6. The minimum absolute atomic E-state index is 0.931. The number of aromatic nitrogens is 2. The van der Waals surface area contributed by atoms with Crippen molar-refractivity contribution in [2.75, 3.05) is 0 Å². The molecule has 0 unspecified atom stereocenters. The third kappa shape index (κ3) is 4.12. The number of fused-ring (bicyclic) bond motifs is 1. The predicted molar refractivity (Wildman–Crippen MR) is 225 cm³/mol. The maximum absolute atomic E-state index is 5.38. The van der Waals surface area contributed by atoms with Crippen molar-refractivity contribution in [3.05, 3.63) is 182 Å². The van der Waals surface area contributed by atoms with E-state index in [-0.39, 0.29) is 0 Å². The van der Waals surface area contributed by atoms with Crippen LogP contribution < -0.4 is 0 Å². The van der Waals surface area contributed by atoms with Gasteiger partial charge >= 0.3 is 0 Å². The smallest absolute Gasteiger partial charge is 0.145 e. The first-order chi connectivity index (χ1) is 26.3. The highest BCUT2D eigenvalue weighted by atomic mass is 15.1. The molecule has 0 radical (unpaired) electrons. The number of hydrogen-bond donors (Lipinski definition) is 0. The molecule has 0 bridgehead atoms. The quantitative estimate of drug-likeness (QED) is 0.170. The maximum Gasteiger partial charge on any atom is 0.145 e. The summed E-state index contributed by atoms with van der Waals surface area (Å²) in [6.45, 7) is 0. The average Bonchev–Trinajstić information content (AvgIpc) is 3.61.